The molecule has 0 aliphatic carbocycles. The van der Waals surface area contributed by atoms with Gasteiger partial charge in [-0.2, -0.15) is 0 Å². The van der Waals surface area contributed by atoms with Crippen molar-refractivity contribution in [1.82, 2.24) is 0 Å². The van der Waals surface area contributed by atoms with E-state index in [0.717, 1.165) is 0 Å². The van der Waals surface area contributed by atoms with E-state index in [4.69, 9.17) is 23.1 Å². The second-order valence-electron chi connectivity index (χ2n) is 9.37. The standard InChI is InChI=1S/C36H30NP2.4CO.Rh/c1-7-19-31(20-8-1)38(32-21-9-2-10-22-32,33-23-11-3-12-24-33)37-39(34-25-13-4-14-26-34,35-27-15-5-16-28-35)36-29-17-6-18-30-36;4*1-2;/h1-30H;;;;;/q+1;;;;;. The third-order valence-electron chi connectivity index (χ3n) is 7.05. The van der Waals surface area contributed by atoms with Crippen molar-refractivity contribution in [2.24, 2.45) is 4.52 Å². The molecule has 0 saturated heterocycles. The summed E-state index contributed by atoms with van der Waals surface area (Å²) in [6.07, 6.45) is 0. The molecule has 6 aromatic rings. The van der Waals surface area contributed by atoms with Crippen LogP contribution in [0.3, 0.4) is 0 Å². The number of benzene rings is 6. The second kappa shape index (κ2) is 23.0. The largest absolute Gasteiger partial charge is 0.228 e. The molecule has 0 saturated carbocycles. The summed E-state index contributed by atoms with van der Waals surface area (Å²) in [6, 6.07) is 65.7. The summed E-state index contributed by atoms with van der Waals surface area (Å²) in [5.74, 6) is 0. The summed E-state index contributed by atoms with van der Waals surface area (Å²) < 4.78 is 36.4. The van der Waals surface area contributed by atoms with E-state index in [1.165, 1.54) is 31.8 Å². The molecule has 0 aromatic heterocycles. The zero-order chi connectivity index (χ0) is 34.4. The number of hydrogen-bond acceptors (Lipinski definition) is 1. The third kappa shape index (κ3) is 9.34. The van der Waals surface area contributed by atoms with E-state index in [0.29, 0.717) is 0 Å². The molecule has 0 fully saturated rings. The fraction of sp³-hybridized carbons (Fsp3) is 0. The summed E-state index contributed by atoms with van der Waals surface area (Å²) in [6.45, 7) is 18.0. The molecule has 6 rings (SSSR count). The average molecular weight is 754 g/mol. The molecule has 0 amide bonds. The summed E-state index contributed by atoms with van der Waals surface area (Å²) in [7, 11) is -4.99. The molecular formula is C40H30NO4P2Rh+. The van der Waals surface area contributed by atoms with Crippen molar-refractivity contribution < 1.29 is 38.1 Å². The summed E-state index contributed by atoms with van der Waals surface area (Å²) in [5, 5.41) is 7.55. The Morgan fingerprint density at radius 3 is 0.729 bits per heavy atom. The second-order valence-corrected chi connectivity index (χ2v) is 15.7. The number of hydrogen-bond donors (Lipinski definition) is 0. The molecule has 0 aliphatic heterocycles. The van der Waals surface area contributed by atoms with E-state index in [1.54, 1.807) is 0 Å². The molecule has 0 spiro atoms. The molecule has 0 atom stereocenters. The fourth-order valence-electron chi connectivity index (χ4n) is 5.27. The Hall–Kier alpha value is -4.44. The molecule has 6 aromatic carbocycles. The van der Waals surface area contributed by atoms with Crippen molar-refractivity contribution in [2.75, 3.05) is 0 Å². The molecule has 1 radical (unpaired) electrons. The molecule has 0 aliphatic rings. The van der Waals surface area contributed by atoms with Crippen LogP contribution < -0.4 is 31.8 Å². The minimum Gasteiger partial charge on any atom is -0.121 e. The third-order valence-corrected chi connectivity index (χ3v) is 15.5. The predicted octanol–water partition coefficient (Wildman–Crippen LogP) is 6.92. The minimum atomic E-state index is -2.50. The molecule has 237 valence electrons. The first-order valence-corrected chi connectivity index (χ1v) is 17.5. The van der Waals surface area contributed by atoms with Gasteiger partial charge in [-0.25, -0.2) is 0 Å². The zero-order valence-electron chi connectivity index (χ0n) is 25.6. The van der Waals surface area contributed by atoms with E-state index in [-0.39, 0.29) is 19.5 Å². The maximum Gasteiger partial charge on any atom is 0.228 e. The molecule has 0 bridgehead atoms. The van der Waals surface area contributed by atoms with Crippen LogP contribution in [-0.2, 0) is 38.1 Å². The fourth-order valence-corrected chi connectivity index (χ4v) is 14.8. The van der Waals surface area contributed by atoms with Crippen LogP contribution in [0, 0.1) is 26.6 Å². The molecule has 0 N–H and O–H groups in total. The van der Waals surface area contributed by atoms with Crippen molar-refractivity contribution in [3.8, 4) is 0 Å². The zero-order valence-corrected chi connectivity index (χ0v) is 29.1. The van der Waals surface area contributed by atoms with Crippen molar-refractivity contribution in [3.05, 3.63) is 209 Å². The predicted molar refractivity (Wildman–Crippen MR) is 188 cm³/mol. The van der Waals surface area contributed by atoms with E-state index >= 15 is 0 Å². The van der Waals surface area contributed by atoms with Gasteiger partial charge in [-0.15, -0.1) is 4.52 Å². The van der Waals surface area contributed by atoms with Crippen LogP contribution in [-0.4, -0.2) is 0 Å². The maximum atomic E-state index is 7.50. The first-order valence-electron chi connectivity index (χ1n) is 14.0. The monoisotopic (exact) mass is 753 g/mol. The Balaban J connectivity index is 0.00000119. The smallest absolute Gasteiger partial charge is 0.121 e. The van der Waals surface area contributed by atoms with Crippen molar-refractivity contribution in [3.63, 3.8) is 0 Å². The van der Waals surface area contributed by atoms with E-state index in [9.17, 15) is 0 Å². The molecule has 0 heterocycles. The minimum absolute atomic E-state index is 0. The topological polar surface area (TPSA) is 92.0 Å². The summed E-state index contributed by atoms with van der Waals surface area (Å²) >= 11 is 0. The Morgan fingerprint density at radius 2 is 0.521 bits per heavy atom. The SMILES string of the molecule is [C-]#[O+].[C-]#[O+].[C-]#[O+].[C-]#[O+].[Rh].c1ccc(P(=N[P+](c2ccccc2)(c2ccccc2)c2ccccc2)(c2ccccc2)c2ccccc2)cc1. The van der Waals surface area contributed by atoms with Gasteiger partial charge in [0, 0.05) is 35.4 Å². The quantitative estimate of drug-likeness (QED) is 0.0734. The summed E-state index contributed by atoms with van der Waals surface area (Å²) in [5.41, 5.74) is 0. The Labute approximate surface area is 296 Å². The first kappa shape index (κ1) is 41.6. The van der Waals surface area contributed by atoms with E-state index in [2.05, 4.69) is 209 Å². The van der Waals surface area contributed by atoms with Gasteiger partial charge in [0.05, 0.1) is 0 Å². The molecule has 0 unspecified atom stereocenters. The van der Waals surface area contributed by atoms with E-state index < -0.39 is 14.5 Å². The molecule has 5 nitrogen and oxygen atoms in total. The van der Waals surface area contributed by atoms with Crippen LogP contribution in [0.25, 0.3) is 0 Å². The van der Waals surface area contributed by atoms with Gasteiger partial charge in [0.25, 0.3) is 0 Å². The first-order chi connectivity index (χ1) is 23.3. The van der Waals surface area contributed by atoms with Crippen molar-refractivity contribution >= 4 is 46.3 Å². The Kier molecular flexibility index (Phi) is 19.9. The van der Waals surface area contributed by atoms with Crippen LogP contribution in [0.5, 0.6) is 0 Å². The molecular weight excluding hydrogens is 723 g/mol. The average Bonchev–Trinajstić information content (AvgIpc) is 3.21. The van der Waals surface area contributed by atoms with Gasteiger partial charge in [0.1, 0.15) is 23.0 Å². The normalized spacial score (nSPS) is 9.58. The Bertz CT molecular complexity index is 1660. The van der Waals surface area contributed by atoms with Crippen LogP contribution in [0.15, 0.2) is 187 Å². The van der Waals surface area contributed by atoms with Gasteiger partial charge in [-0.1, -0.05) is 146 Å². The van der Waals surface area contributed by atoms with Gasteiger partial charge in [-0.3, -0.25) is 0 Å². The van der Waals surface area contributed by atoms with E-state index in [1.807, 2.05) is 0 Å². The van der Waals surface area contributed by atoms with Crippen molar-refractivity contribution in [2.45, 2.75) is 0 Å². The van der Waals surface area contributed by atoms with Gasteiger partial charge in [-0.05, 0) is 36.4 Å². The van der Waals surface area contributed by atoms with Crippen LogP contribution in [0.4, 0.5) is 0 Å². The van der Waals surface area contributed by atoms with Gasteiger partial charge in [0.15, 0.2) is 0 Å². The summed E-state index contributed by atoms with van der Waals surface area (Å²) in [4.78, 5) is 0. The van der Waals surface area contributed by atoms with Crippen LogP contribution in [0.1, 0.15) is 0 Å². The van der Waals surface area contributed by atoms with Crippen LogP contribution in [0.2, 0.25) is 0 Å². The maximum absolute atomic E-state index is 7.50. The number of rotatable bonds is 7. The Morgan fingerprint density at radius 1 is 0.333 bits per heavy atom. The van der Waals surface area contributed by atoms with Gasteiger partial charge < -0.3 is 0 Å². The van der Waals surface area contributed by atoms with Crippen molar-refractivity contribution in [1.29, 1.82) is 0 Å². The molecule has 8 heteroatoms. The van der Waals surface area contributed by atoms with Gasteiger partial charge >= 0.3 is 45.2 Å². The molecule has 48 heavy (non-hydrogen) atoms. The number of nitrogens with zero attached hydrogens (tertiary/aromatic N) is 1. The van der Waals surface area contributed by atoms with Crippen LogP contribution >= 0.6 is 14.5 Å². The van der Waals surface area contributed by atoms with Gasteiger partial charge in [0.2, 0.25) is 7.41 Å².